The average molecular weight is 156 g/mol. The van der Waals surface area contributed by atoms with Crippen molar-refractivity contribution in [3.8, 4) is 0 Å². The Morgan fingerprint density at radius 2 is 1.91 bits per heavy atom. The fourth-order valence-corrected chi connectivity index (χ4v) is 0.456. The summed E-state index contributed by atoms with van der Waals surface area (Å²) in [5, 5.41) is 7.63. The Labute approximate surface area is 67.8 Å². The molecule has 0 aliphatic heterocycles. The zero-order valence-corrected chi connectivity index (χ0v) is 7.63. The zero-order chi connectivity index (χ0) is 8.85. The van der Waals surface area contributed by atoms with Crippen LogP contribution in [-0.4, -0.2) is 30.2 Å². The predicted octanol–water partition coefficient (Wildman–Crippen LogP) is 0.649. The molecule has 0 amide bonds. The van der Waals surface area contributed by atoms with Gasteiger partial charge in [0.25, 0.3) is 0 Å². The van der Waals surface area contributed by atoms with Gasteiger partial charge in [-0.3, -0.25) is 0 Å². The van der Waals surface area contributed by atoms with Crippen LogP contribution in [0.15, 0.2) is 10.2 Å². The summed E-state index contributed by atoms with van der Waals surface area (Å²) < 4.78 is 0. The molecule has 4 heteroatoms. The van der Waals surface area contributed by atoms with Crippen LogP contribution in [0.3, 0.4) is 0 Å². The predicted molar refractivity (Wildman–Crippen MR) is 48.7 cm³/mol. The van der Waals surface area contributed by atoms with Gasteiger partial charge in [-0.2, -0.15) is 0 Å². The van der Waals surface area contributed by atoms with Crippen LogP contribution < -0.4 is 5.73 Å². The molecule has 11 heavy (non-hydrogen) atoms. The van der Waals surface area contributed by atoms with Gasteiger partial charge in [0.1, 0.15) is 11.7 Å². The molecule has 64 valence electrons. The standard InChI is InChI=1S/C7H16N4/c1-5-11(4)7(3)10-9-6(2)8/h5H2,1-4H3,(H2,8,9)/b10-7+. The Hall–Kier alpha value is -1.06. The summed E-state index contributed by atoms with van der Waals surface area (Å²) >= 11 is 0. The van der Waals surface area contributed by atoms with Gasteiger partial charge in [-0.15, -0.1) is 10.2 Å². The van der Waals surface area contributed by atoms with Crippen molar-refractivity contribution in [2.75, 3.05) is 13.6 Å². The fraction of sp³-hybridized carbons (Fsp3) is 0.714. The lowest BCUT2D eigenvalue weighted by Crippen LogP contribution is -2.23. The molecule has 0 spiro atoms. The van der Waals surface area contributed by atoms with E-state index in [-0.39, 0.29) is 0 Å². The molecule has 2 N–H and O–H groups in total. The highest BCUT2D eigenvalue weighted by Crippen LogP contribution is 1.86. The lowest BCUT2D eigenvalue weighted by molar-refractivity contribution is 0.530. The second-order valence-corrected chi connectivity index (χ2v) is 2.40. The second-order valence-electron chi connectivity index (χ2n) is 2.40. The topological polar surface area (TPSA) is 54.0 Å². The van der Waals surface area contributed by atoms with Crippen molar-refractivity contribution in [1.82, 2.24) is 4.90 Å². The van der Waals surface area contributed by atoms with Crippen LogP contribution in [0.2, 0.25) is 0 Å². The van der Waals surface area contributed by atoms with E-state index in [9.17, 15) is 0 Å². The maximum absolute atomic E-state index is 5.31. The third-order valence-corrected chi connectivity index (χ3v) is 1.38. The summed E-state index contributed by atoms with van der Waals surface area (Å²) in [6.07, 6.45) is 0. The van der Waals surface area contributed by atoms with E-state index in [0.29, 0.717) is 5.84 Å². The van der Waals surface area contributed by atoms with E-state index in [1.54, 1.807) is 6.92 Å². The van der Waals surface area contributed by atoms with Crippen molar-refractivity contribution in [2.24, 2.45) is 15.9 Å². The Kier molecular flexibility index (Phi) is 4.26. The fourth-order valence-electron chi connectivity index (χ4n) is 0.456. The molecule has 0 radical (unpaired) electrons. The van der Waals surface area contributed by atoms with Gasteiger partial charge in [-0.25, -0.2) is 0 Å². The molecule has 0 aromatic rings. The molecular weight excluding hydrogens is 140 g/mol. The van der Waals surface area contributed by atoms with Gasteiger partial charge in [0.15, 0.2) is 0 Å². The first-order valence-electron chi connectivity index (χ1n) is 3.63. The van der Waals surface area contributed by atoms with Crippen LogP contribution >= 0.6 is 0 Å². The van der Waals surface area contributed by atoms with E-state index in [2.05, 4.69) is 17.1 Å². The number of rotatable bonds is 2. The minimum atomic E-state index is 0.480. The Balaban J connectivity index is 4.11. The van der Waals surface area contributed by atoms with E-state index in [0.717, 1.165) is 12.4 Å². The first-order chi connectivity index (χ1) is 5.07. The maximum Gasteiger partial charge on any atom is 0.124 e. The highest BCUT2D eigenvalue weighted by molar-refractivity contribution is 5.82. The second kappa shape index (κ2) is 4.71. The number of nitrogens with zero attached hydrogens (tertiary/aromatic N) is 3. The van der Waals surface area contributed by atoms with Crippen molar-refractivity contribution in [3.63, 3.8) is 0 Å². The first-order valence-corrected chi connectivity index (χ1v) is 3.63. The summed E-state index contributed by atoms with van der Waals surface area (Å²) in [6, 6.07) is 0. The van der Waals surface area contributed by atoms with E-state index in [4.69, 9.17) is 5.73 Å². The van der Waals surface area contributed by atoms with Crippen molar-refractivity contribution in [1.29, 1.82) is 0 Å². The van der Waals surface area contributed by atoms with Crippen molar-refractivity contribution < 1.29 is 0 Å². The molecule has 4 nitrogen and oxygen atoms in total. The number of hydrogen-bond acceptors (Lipinski definition) is 2. The van der Waals surface area contributed by atoms with E-state index < -0.39 is 0 Å². The lowest BCUT2D eigenvalue weighted by atomic mass is 10.5. The Bertz CT molecular complexity index is 167. The number of hydrogen-bond donors (Lipinski definition) is 1. The lowest BCUT2D eigenvalue weighted by Gasteiger charge is -2.13. The highest BCUT2D eigenvalue weighted by atomic mass is 15.3. The molecule has 0 heterocycles. The van der Waals surface area contributed by atoms with Crippen LogP contribution in [0.25, 0.3) is 0 Å². The minimum Gasteiger partial charge on any atom is -0.386 e. The molecule has 0 bridgehead atoms. The van der Waals surface area contributed by atoms with Crippen LogP contribution in [-0.2, 0) is 0 Å². The molecule has 0 atom stereocenters. The van der Waals surface area contributed by atoms with Gasteiger partial charge in [-0.05, 0) is 20.8 Å². The highest BCUT2D eigenvalue weighted by Gasteiger charge is 1.94. The van der Waals surface area contributed by atoms with Crippen LogP contribution in [0.5, 0.6) is 0 Å². The largest absolute Gasteiger partial charge is 0.386 e. The smallest absolute Gasteiger partial charge is 0.124 e. The quantitative estimate of drug-likeness (QED) is 0.362. The van der Waals surface area contributed by atoms with Crippen LogP contribution in [0, 0.1) is 0 Å². The summed E-state index contributed by atoms with van der Waals surface area (Å²) in [4.78, 5) is 1.99. The molecular formula is C7H16N4. The normalized spacial score (nSPS) is 13.5. The monoisotopic (exact) mass is 156 g/mol. The van der Waals surface area contributed by atoms with Crippen LogP contribution in [0.4, 0.5) is 0 Å². The van der Waals surface area contributed by atoms with Gasteiger partial charge >= 0.3 is 0 Å². The van der Waals surface area contributed by atoms with Gasteiger partial charge < -0.3 is 10.6 Å². The van der Waals surface area contributed by atoms with Crippen LogP contribution in [0.1, 0.15) is 20.8 Å². The number of nitrogens with two attached hydrogens (primary N) is 1. The zero-order valence-electron chi connectivity index (χ0n) is 7.63. The SMILES string of the molecule is CCN(C)/C(C)=N/N=C(\C)N. The Morgan fingerprint density at radius 1 is 1.36 bits per heavy atom. The molecule has 0 unspecified atom stereocenters. The van der Waals surface area contributed by atoms with E-state index in [1.165, 1.54) is 0 Å². The number of amidine groups is 2. The van der Waals surface area contributed by atoms with E-state index >= 15 is 0 Å². The summed E-state index contributed by atoms with van der Waals surface area (Å²) in [7, 11) is 1.96. The average Bonchev–Trinajstić information content (AvgIpc) is 1.98. The molecule has 0 aliphatic carbocycles. The van der Waals surface area contributed by atoms with Gasteiger partial charge in [0.2, 0.25) is 0 Å². The minimum absolute atomic E-state index is 0.480. The Morgan fingerprint density at radius 3 is 2.27 bits per heavy atom. The summed E-state index contributed by atoms with van der Waals surface area (Å²) in [5.74, 6) is 1.35. The third-order valence-electron chi connectivity index (χ3n) is 1.38. The van der Waals surface area contributed by atoms with Crippen molar-refractivity contribution in [3.05, 3.63) is 0 Å². The molecule has 0 aliphatic rings. The first kappa shape index (κ1) is 9.94. The summed E-state index contributed by atoms with van der Waals surface area (Å²) in [5.41, 5.74) is 5.31. The van der Waals surface area contributed by atoms with Gasteiger partial charge in [0.05, 0.1) is 0 Å². The molecule has 0 aromatic carbocycles. The van der Waals surface area contributed by atoms with Crippen molar-refractivity contribution in [2.45, 2.75) is 20.8 Å². The van der Waals surface area contributed by atoms with Gasteiger partial charge in [0, 0.05) is 13.6 Å². The molecule has 0 fully saturated rings. The van der Waals surface area contributed by atoms with Gasteiger partial charge in [-0.1, -0.05) is 0 Å². The van der Waals surface area contributed by atoms with Crippen molar-refractivity contribution >= 4 is 11.7 Å². The van der Waals surface area contributed by atoms with E-state index in [1.807, 2.05) is 18.9 Å². The molecule has 0 saturated heterocycles. The molecule has 0 aromatic heterocycles. The molecule has 0 saturated carbocycles. The molecule has 0 rings (SSSR count). The third kappa shape index (κ3) is 4.36. The maximum atomic E-state index is 5.31. The summed E-state index contributed by atoms with van der Waals surface area (Å²) in [6.45, 7) is 6.59.